The molecule has 12 heteroatoms. The molecule has 0 fully saturated rings. The maximum atomic E-state index is 14.3. The lowest BCUT2D eigenvalue weighted by atomic mass is 9.88. The number of carbonyl (C=O) groups is 2. The van der Waals surface area contributed by atoms with Gasteiger partial charge in [0.05, 0.1) is 0 Å². The fourth-order valence-electron chi connectivity index (χ4n) is 2.43. The van der Waals surface area contributed by atoms with Crippen molar-refractivity contribution in [3.63, 3.8) is 0 Å². The first-order valence-electron chi connectivity index (χ1n) is 8.68. The minimum Gasteiger partial charge on any atom is -0.478 e. The van der Waals surface area contributed by atoms with E-state index in [4.69, 9.17) is 5.11 Å². The Morgan fingerprint density at radius 2 is 1.55 bits per heavy atom. The second-order valence-corrected chi connectivity index (χ2v) is 6.37. The number of alkyl halides is 8. The summed E-state index contributed by atoms with van der Waals surface area (Å²) in [5.74, 6) is -23.1. The van der Waals surface area contributed by atoms with Gasteiger partial charge < -0.3 is 9.84 Å². The van der Waals surface area contributed by atoms with Crippen molar-refractivity contribution in [3.8, 4) is 0 Å². The maximum Gasteiger partial charge on any atom is 0.381 e. The molecular weight excluding hydrogens is 420 g/mol. The second kappa shape index (κ2) is 10.8. The van der Waals surface area contributed by atoms with Crippen molar-refractivity contribution in [1.82, 2.24) is 0 Å². The van der Waals surface area contributed by atoms with Crippen LogP contribution < -0.4 is 0 Å². The summed E-state index contributed by atoms with van der Waals surface area (Å²) in [5, 5.41) is 8.39. The molecule has 0 rings (SSSR count). The van der Waals surface area contributed by atoms with Gasteiger partial charge in [0.1, 0.15) is 0 Å². The molecule has 0 heterocycles. The van der Waals surface area contributed by atoms with Gasteiger partial charge >= 0.3 is 36.1 Å². The van der Waals surface area contributed by atoms with Gasteiger partial charge in [0.25, 0.3) is 0 Å². The molecule has 0 amide bonds. The average Bonchev–Trinajstić information content (AvgIpc) is 2.61. The number of carbonyl (C=O) groups excluding carboxylic acids is 1. The zero-order valence-corrected chi connectivity index (χ0v) is 15.6. The van der Waals surface area contributed by atoms with Gasteiger partial charge in [-0.2, -0.15) is 26.3 Å². The van der Waals surface area contributed by atoms with E-state index < -0.39 is 54.6 Å². The largest absolute Gasteiger partial charge is 0.478 e. The summed E-state index contributed by atoms with van der Waals surface area (Å²) in [5.41, 5.74) is 0. The molecule has 0 spiro atoms. The van der Waals surface area contributed by atoms with Gasteiger partial charge in [0, 0.05) is 12.2 Å². The van der Waals surface area contributed by atoms with Gasteiger partial charge in [0.2, 0.25) is 0 Å². The van der Waals surface area contributed by atoms with Crippen LogP contribution in [-0.2, 0) is 14.3 Å². The van der Waals surface area contributed by atoms with E-state index in [9.17, 15) is 44.7 Å². The molecule has 1 N–H and O–H groups in total. The van der Waals surface area contributed by atoms with E-state index in [1.54, 1.807) is 6.92 Å². The number of hydrogen-bond donors (Lipinski definition) is 1. The van der Waals surface area contributed by atoms with Crippen LogP contribution in [0.2, 0.25) is 0 Å². The first kappa shape index (κ1) is 27.1. The van der Waals surface area contributed by atoms with E-state index in [1.165, 1.54) is 6.92 Å². The highest BCUT2D eigenvalue weighted by atomic mass is 19.4. The highest BCUT2D eigenvalue weighted by Crippen LogP contribution is 2.51. The van der Waals surface area contributed by atoms with Crippen molar-refractivity contribution < 1.29 is 54.6 Å². The topological polar surface area (TPSA) is 63.6 Å². The number of hydrogen-bond acceptors (Lipinski definition) is 3. The van der Waals surface area contributed by atoms with Crippen molar-refractivity contribution in [2.75, 3.05) is 0 Å². The summed E-state index contributed by atoms with van der Waals surface area (Å²) in [6.45, 7) is 3.24. The minimum absolute atomic E-state index is 0.113. The molecule has 0 aromatic heterocycles. The Balaban J connectivity index is 5.97. The molecule has 0 aromatic rings. The van der Waals surface area contributed by atoms with Crippen LogP contribution in [0.5, 0.6) is 0 Å². The number of halogens is 8. The molecule has 29 heavy (non-hydrogen) atoms. The molecule has 0 aromatic carbocycles. The van der Waals surface area contributed by atoms with E-state index in [1.807, 2.05) is 0 Å². The van der Waals surface area contributed by atoms with Gasteiger partial charge in [0.15, 0.2) is 6.10 Å². The van der Waals surface area contributed by atoms with Crippen LogP contribution in [0.15, 0.2) is 12.2 Å². The molecule has 0 bridgehead atoms. The number of carboxylic acids is 1. The molecular formula is C17H22F8O4. The van der Waals surface area contributed by atoms with Gasteiger partial charge in [-0.1, -0.05) is 39.5 Å². The minimum atomic E-state index is -6.54. The summed E-state index contributed by atoms with van der Waals surface area (Å²) in [6.07, 6.45) is -7.63. The number of unbranched alkanes of at least 4 members (excludes halogenated alkanes) is 1. The lowest BCUT2D eigenvalue weighted by Gasteiger charge is -2.37. The summed E-state index contributed by atoms with van der Waals surface area (Å²) < 4.78 is 111. The molecule has 0 saturated heterocycles. The Kier molecular flexibility index (Phi) is 10.1. The van der Waals surface area contributed by atoms with Crippen LogP contribution in [0.4, 0.5) is 35.1 Å². The molecule has 0 saturated carbocycles. The van der Waals surface area contributed by atoms with E-state index in [0.29, 0.717) is 12.8 Å². The molecule has 0 radical (unpaired) electrons. The van der Waals surface area contributed by atoms with Crippen LogP contribution in [0.1, 0.15) is 46.0 Å². The number of carboxylic acid groups (broad SMARTS) is 1. The van der Waals surface area contributed by atoms with Crippen molar-refractivity contribution in [3.05, 3.63) is 12.2 Å². The predicted molar refractivity (Wildman–Crippen MR) is 85.4 cm³/mol. The lowest BCUT2D eigenvalue weighted by molar-refractivity contribution is -0.357. The molecule has 2 unspecified atom stereocenters. The van der Waals surface area contributed by atoms with Gasteiger partial charge in [-0.05, 0) is 12.3 Å². The van der Waals surface area contributed by atoms with Crippen LogP contribution in [0, 0.1) is 5.92 Å². The third-order valence-electron chi connectivity index (χ3n) is 4.23. The molecule has 4 nitrogen and oxygen atoms in total. The summed E-state index contributed by atoms with van der Waals surface area (Å²) in [6, 6.07) is 0. The Morgan fingerprint density at radius 3 is 1.97 bits per heavy atom. The number of esters is 1. The highest BCUT2D eigenvalue weighted by Gasteiger charge is 2.78. The van der Waals surface area contributed by atoms with E-state index in [-0.39, 0.29) is 25.0 Å². The molecule has 170 valence electrons. The Hall–Kier alpha value is -1.88. The van der Waals surface area contributed by atoms with Crippen LogP contribution in [-0.4, -0.2) is 47.3 Å². The van der Waals surface area contributed by atoms with E-state index in [2.05, 4.69) is 4.74 Å². The quantitative estimate of drug-likeness (QED) is 0.238. The zero-order chi connectivity index (χ0) is 23.0. The van der Waals surface area contributed by atoms with Gasteiger partial charge in [-0.25, -0.2) is 18.4 Å². The van der Waals surface area contributed by atoms with Crippen molar-refractivity contribution in [1.29, 1.82) is 0 Å². The number of rotatable bonds is 13. The average molecular weight is 442 g/mol. The molecule has 0 aliphatic carbocycles. The predicted octanol–water partition coefficient (Wildman–Crippen LogP) is 5.32. The standard InChI is InChI=1S/C17H22F8O4/c1-3-5-6-10(4-2)9-11(29-13(28)8-7-12(26)27)15(20,21)17(24,25)16(22,23)14(18)19/h7-8,10-11,14H,3-6,9H2,1-2H3,(H,26,27)/b8-7+. The normalized spacial score (nSPS) is 15.6. The van der Waals surface area contributed by atoms with Crippen LogP contribution in [0.25, 0.3) is 0 Å². The first-order valence-corrected chi connectivity index (χ1v) is 8.68. The van der Waals surface area contributed by atoms with E-state index >= 15 is 0 Å². The first-order chi connectivity index (χ1) is 13.1. The third-order valence-corrected chi connectivity index (χ3v) is 4.23. The molecule has 0 aliphatic rings. The van der Waals surface area contributed by atoms with Gasteiger partial charge in [-0.3, -0.25) is 0 Å². The summed E-state index contributed by atoms with van der Waals surface area (Å²) in [4.78, 5) is 21.9. The Bertz CT molecular complexity index is 578. The van der Waals surface area contributed by atoms with Crippen molar-refractivity contribution >= 4 is 11.9 Å². The Morgan fingerprint density at radius 1 is 1.00 bits per heavy atom. The van der Waals surface area contributed by atoms with Crippen molar-refractivity contribution in [2.45, 2.75) is 76.2 Å². The summed E-state index contributed by atoms with van der Waals surface area (Å²) >= 11 is 0. The molecule has 0 aliphatic heterocycles. The van der Waals surface area contributed by atoms with Crippen molar-refractivity contribution in [2.24, 2.45) is 5.92 Å². The monoisotopic (exact) mass is 442 g/mol. The number of ether oxygens (including phenoxy) is 1. The van der Waals surface area contributed by atoms with E-state index in [0.717, 1.165) is 0 Å². The highest BCUT2D eigenvalue weighted by molar-refractivity contribution is 5.90. The Labute approximate surface area is 161 Å². The number of aliphatic carboxylic acids is 1. The zero-order valence-electron chi connectivity index (χ0n) is 15.6. The van der Waals surface area contributed by atoms with Crippen LogP contribution in [0.3, 0.4) is 0 Å². The van der Waals surface area contributed by atoms with Crippen LogP contribution >= 0.6 is 0 Å². The second-order valence-electron chi connectivity index (χ2n) is 6.37. The summed E-state index contributed by atoms with van der Waals surface area (Å²) in [7, 11) is 0. The molecule has 2 atom stereocenters. The SMILES string of the molecule is CCCCC(CC)CC(OC(=O)/C=C/C(=O)O)C(F)(F)C(F)(F)C(F)(F)C(F)F. The fraction of sp³-hybridized carbons (Fsp3) is 0.765. The smallest absolute Gasteiger partial charge is 0.381 e. The maximum absolute atomic E-state index is 14.3. The lowest BCUT2D eigenvalue weighted by Crippen LogP contribution is -2.62. The third kappa shape index (κ3) is 6.84. The fourth-order valence-corrected chi connectivity index (χ4v) is 2.43. The van der Waals surface area contributed by atoms with Gasteiger partial charge in [-0.15, -0.1) is 0 Å².